The molecule has 0 nitrogen and oxygen atoms in total. The van der Waals surface area contributed by atoms with E-state index in [9.17, 15) is 0 Å². The van der Waals surface area contributed by atoms with Crippen LogP contribution in [-0.2, 0) is 6.42 Å². The van der Waals surface area contributed by atoms with Crippen molar-refractivity contribution in [2.24, 2.45) is 0 Å². The van der Waals surface area contributed by atoms with Crippen LogP contribution in [-0.4, -0.2) is 0 Å². The molecule has 1 aromatic heterocycles. The predicted octanol–water partition coefficient (Wildman–Crippen LogP) is 5.73. The molecule has 0 saturated heterocycles. The summed E-state index contributed by atoms with van der Waals surface area (Å²) >= 11 is 1.89. The van der Waals surface area contributed by atoms with Crippen LogP contribution in [0.2, 0.25) is 0 Å². The van der Waals surface area contributed by atoms with Gasteiger partial charge in [-0.25, -0.2) is 0 Å². The van der Waals surface area contributed by atoms with Gasteiger partial charge < -0.3 is 0 Å². The molecule has 0 amide bonds. The van der Waals surface area contributed by atoms with Crippen LogP contribution in [0.5, 0.6) is 0 Å². The summed E-state index contributed by atoms with van der Waals surface area (Å²) in [5.41, 5.74) is 2.64. The third kappa shape index (κ3) is 2.22. The summed E-state index contributed by atoms with van der Waals surface area (Å²) in [4.78, 5) is 0. The molecule has 0 unspecified atom stereocenters. The largest absolute Gasteiger partial charge is 0.135 e. The number of allylic oxidation sites excluding steroid dienone is 3. The Kier molecular flexibility index (Phi) is 3.22. The number of hydrogen-bond donors (Lipinski definition) is 0. The van der Waals surface area contributed by atoms with E-state index in [1.54, 1.807) is 0 Å². The molecule has 0 fully saturated rings. The summed E-state index contributed by atoms with van der Waals surface area (Å²) in [6, 6.07) is 15.2. The molecule has 19 heavy (non-hydrogen) atoms. The van der Waals surface area contributed by atoms with E-state index in [1.807, 2.05) is 17.4 Å². The Bertz CT molecular complexity index is 775. The first-order valence-corrected chi connectivity index (χ1v) is 7.29. The molecule has 0 saturated carbocycles. The lowest BCUT2D eigenvalue weighted by molar-refractivity contribution is 1.27. The van der Waals surface area contributed by atoms with Crippen molar-refractivity contribution in [2.75, 3.05) is 0 Å². The SMILES string of the molecule is C=C/C(C)=C\Cc1cccc2c1sc1ccccc12. The highest BCUT2D eigenvalue weighted by Crippen LogP contribution is 2.35. The van der Waals surface area contributed by atoms with Crippen molar-refractivity contribution in [1.82, 2.24) is 0 Å². The number of thiophene rings is 1. The first kappa shape index (κ1) is 12.2. The zero-order chi connectivity index (χ0) is 13.2. The molecule has 0 aliphatic rings. The monoisotopic (exact) mass is 264 g/mol. The van der Waals surface area contributed by atoms with E-state index < -0.39 is 0 Å². The zero-order valence-corrected chi connectivity index (χ0v) is 11.8. The minimum atomic E-state index is 0.974. The fourth-order valence-electron chi connectivity index (χ4n) is 2.32. The van der Waals surface area contributed by atoms with Crippen LogP contribution in [0.1, 0.15) is 12.5 Å². The van der Waals surface area contributed by atoms with Crippen molar-refractivity contribution in [2.45, 2.75) is 13.3 Å². The van der Waals surface area contributed by atoms with E-state index in [4.69, 9.17) is 0 Å². The first-order chi connectivity index (χ1) is 9.29. The van der Waals surface area contributed by atoms with Gasteiger partial charge in [0.25, 0.3) is 0 Å². The molecule has 0 aliphatic carbocycles. The van der Waals surface area contributed by atoms with Gasteiger partial charge in [-0.1, -0.05) is 60.7 Å². The fourth-order valence-corrected chi connectivity index (χ4v) is 3.55. The van der Waals surface area contributed by atoms with E-state index in [0.717, 1.165) is 6.42 Å². The van der Waals surface area contributed by atoms with Crippen LogP contribution in [0.4, 0.5) is 0 Å². The van der Waals surface area contributed by atoms with Gasteiger partial charge in [0.1, 0.15) is 0 Å². The molecule has 0 spiro atoms. The topological polar surface area (TPSA) is 0 Å². The molecule has 0 aliphatic heterocycles. The fraction of sp³-hybridized carbons (Fsp3) is 0.111. The van der Waals surface area contributed by atoms with Crippen LogP contribution < -0.4 is 0 Å². The van der Waals surface area contributed by atoms with Gasteiger partial charge in [0.05, 0.1) is 0 Å². The highest BCUT2D eigenvalue weighted by Gasteiger charge is 2.07. The van der Waals surface area contributed by atoms with Crippen molar-refractivity contribution in [3.05, 3.63) is 72.3 Å². The highest BCUT2D eigenvalue weighted by atomic mass is 32.1. The van der Waals surface area contributed by atoms with Gasteiger partial charge in [-0.05, 0) is 25.0 Å². The van der Waals surface area contributed by atoms with E-state index in [1.165, 1.54) is 31.3 Å². The maximum atomic E-state index is 3.80. The van der Waals surface area contributed by atoms with Crippen molar-refractivity contribution < 1.29 is 0 Å². The van der Waals surface area contributed by atoms with E-state index >= 15 is 0 Å². The van der Waals surface area contributed by atoms with Gasteiger partial charge in [0, 0.05) is 20.2 Å². The molecule has 3 rings (SSSR count). The predicted molar refractivity (Wildman–Crippen MR) is 87.0 cm³/mol. The van der Waals surface area contributed by atoms with Gasteiger partial charge in [-0.15, -0.1) is 11.3 Å². The Labute approximate surface area is 117 Å². The number of hydrogen-bond acceptors (Lipinski definition) is 1. The van der Waals surface area contributed by atoms with Crippen LogP contribution in [0.15, 0.2) is 66.8 Å². The summed E-state index contributed by atoms with van der Waals surface area (Å²) < 4.78 is 2.78. The molecule has 2 aromatic carbocycles. The molecule has 0 N–H and O–H groups in total. The van der Waals surface area contributed by atoms with Crippen LogP contribution in [0.25, 0.3) is 20.2 Å². The normalized spacial score (nSPS) is 12.2. The van der Waals surface area contributed by atoms with Crippen LogP contribution >= 0.6 is 11.3 Å². The third-order valence-electron chi connectivity index (χ3n) is 3.45. The number of benzene rings is 2. The molecule has 0 radical (unpaired) electrons. The van der Waals surface area contributed by atoms with E-state index in [0.29, 0.717) is 0 Å². The molecule has 0 atom stereocenters. The first-order valence-electron chi connectivity index (χ1n) is 6.48. The minimum absolute atomic E-state index is 0.974. The quantitative estimate of drug-likeness (QED) is 0.530. The minimum Gasteiger partial charge on any atom is -0.135 e. The number of fused-ring (bicyclic) bond motifs is 3. The molecular weight excluding hydrogens is 248 g/mol. The van der Waals surface area contributed by atoms with E-state index in [2.05, 4.69) is 62.0 Å². The Morgan fingerprint density at radius 3 is 2.74 bits per heavy atom. The highest BCUT2D eigenvalue weighted by molar-refractivity contribution is 7.26. The standard InChI is InChI=1S/C18H16S/c1-3-13(2)11-12-14-7-6-9-16-15-8-4-5-10-17(15)19-18(14)16/h3-11H,1,12H2,2H3/b13-11-. The second-order valence-electron chi connectivity index (χ2n) is 4.75. The summed E-state index contributed by atoms with van der Waals surface area (Å²) in [6.07, 6.45) is 5.12. The lowest BCUT2D eigenvalue weighted by Gasteiger charge is -2.00. The average molecular weight is 264 g/mol. The lowest BCUT2D eigenvalue weighted by Crippen LogP contribution is -1.82. The van der Waals surface area contributed by atoms with Gasteiger partial charge >= 0.3 is 0 Å². The molecule has 0 bridgehead atoms. The average Bonchev–Trinajstić information content (AvgIpc) is 2.84. The van der Waals surface area contributed by atoms with Crippen molar-refractivity contribution in [1.29, 1.82) is 0 Å². The molecule has 94 valence electrons. The van der Waals surface area contributed by atoms with Crippen molar-refractivity contribution in [3.63, 3.8) is 0 Å². The van der Waals surface area contributed by atoms with Crippen LogP contribution in [0.3, 0.4) is 0 Å². The summed E-state index contributed by atoms with van der Waals surface area (Å²) in [6.45, 7) is 5.90. The molecule has 1 heterocycles. The van der Waals surface area contributed by atoms with Crippen LogP contribution in [0, 0.1) is 0 Å². The molecule has 3 aromatic rings. The van der Waals surface area contributed by atoms with Crippen molar-refractivity contribution in [3.8, 4) is 0 Å². The Morgan fingerprint density at radius 1 is 1.11 bits per heavy atom. The zero-order valence-electron chi connectivity index (χ0n) is 11.0. The maximum Gasteiger partial charge on any atom is 0.0390 e. The third-order valence-corrected chi connectivity index (χ3v) is 4.71. The van der Waals surface area contributed by atoms with Gasteiger partial charge in [-0.2, -0.15) is 0 Å². The van der Waals surface area contributed by atoms with E-state index in [-0.39, 0.29) is 0 Å². The summed E-state index contributed by atoms with van der Waals surface area (Å²) in [5.74, 6) is 0. The second kappa shape index (κ2) is 5.02. The number of rotatable bonds is 3. The smallest absolute Gasteiger partial charge is 0.0390 e. The maximum absolute atomic E-state index is 3.80. The molecule has 1 heteroatoms. The second-order valence-corrected chi connectivity index (χ2v) is 5.80. The molecular formula is C18H16S. The lowest BCUT2D eigenvalue weighted by atomic mass is 10.1. The van der Waals surface area contributed by atoms with Gasteiger partial charge in [-0.3, -0.25) is 0 Å². The Hall–Kier alpha value is -1.86. The Balaban J connectivity index is 2.18. The summed E-state index contributed by atoms with van der Waals surface area (Å²) in [5, 5.41) is 2.75. The summed E-state index contributed by atoms with van der Waals surface area (Å²) in [7, 11) is 0. The van der Waals surface area contributed by atoms with Gasteiger partial charge in [0.15, 0.2) is 0 Å². The Morgan fingerprint density at radius 2 is 1.89 bits per heavy atom. The van der Waals surface area contributed by atoms with Gasteiger partial charge in [0.2, 0.25) is 0 Å². The van der Waals surface area contributed by atoms with Crippen molar-refractivity contribution >= 4 is 31.5 Å².